The van der Waals surface area contributed by atoms with Crippen molar-refractivity contribution in [3.05, 3.63) is 33.2 Å². The van der Waals surface area contributed by atoms with E-state index in [0.29, 0.717) is 0 Å². The van der Waals surface area contributed by atoms with E-state index in [4.69, 9.17) is 18.9 Å². The van der Waals surface area contributed by atoms with E-state index in [-0.39, 0.29) is 17.6 Å². The molecule has 1 N–H and O–H groups in total. The van der Waals surface area contributed by atoms with Crippen molar-refractivity contribution in [2.75, 3.05) is 11.9 Å². The Labute approximate surface area is 231 Å². The van der Waals surface area contributed by atoms with Crippen LogP contribution in [0.2, 0.25) is 0 Å². The van der Waals surface area contributed by atoms with Crippen molar-refractivity contribution in [2.45, 2.75) is 79.6 Å². The van der Waals surface area contributed by atoms with Crippen LogP contribution in [0.4, 0.5) is 5.82 Å². The first-order valence-corrected chi connectivity index (χ1v) is 12.8. The van der Waals surface area contributed by atoms with E-state index in [1.807, 2.05) is 0 Å². The number of hydrogen-bond acceptors (Lipinski definition) is 11. The predicted molar refractivity (Wildman–Crippen MR) is 139 cm³/mol. The number of nitrogens with one attached hydrogen (secondary N) is 1. The first-order chi connectivity index (χ1) is 18.6. The Morgan fingerprint density at radius 1 is 1.02 bits per heavy atom. The zero-order chi connectivity index (χ0) is 30.4. The van der Waals surface area contributed by atoms with Crippen molar-refractivity contribution in [2.24, 2.45) is 28.8 Å². The average Bonchev–Trinajstić information content (AvgIpc) is 3.14. The highest BCUT2D eigenvalue weighted by Gasteiger charge is 2.61. The average molecular weight is 565 g/mol. The van der Waals surface area contributed by atoms with Gasteiger partial charge in [0.2, 0.25) is 11.6 Å². The van der Waals surface area contributed by atoms with Gasteiger partial charge < -0.3 is 24.3 Å². The molecule has 1 aliphatic rings. The van der Waals surface area contributed by atoms with Gasteiger partial charge in [-0.25, -0.2) is 4.79 Å². The Bertz CT molecular complexity index is 1220. The Balaban J connectivity index is 2.68. The van der Waals surface area contributed by atoms with Crippen LogP contribution in [0.15, 0.2) is 22.2 Å². The van der Waals surface area contributed by atoms with Crippen molar-refractivity contribution in [3.8, 4) is 0 Å². The second-order valence-electron chi connectivity index (χ2n) is 10.5. The van der Waals surface area contributed by atoms with Crippen LogP contribution in [0.5, 0.6) is 0 Å². The van der Waals surface area contributed by atoms with Gasteiger partial charge in [0, 0.05) is 17.0 Å². The Morgan fingerprint density at radius 3 is 2.10 bits per heavy atom. The van der Waals surface area contributed by atoms with Gasteiger partial charge in [0.15, 0.2) is 18.4 Å². The minimum absolute atomic E-state index is 0.0383. The quantitative estimate of drug-likeness (QED) is 0.137. The number of anilines is 1. The van der Waals surface area contributed by atoms with E-state index < -0.39 is 72.1 Å². The van der Waals surface area contributed by atoms with E-state index >= 15 is 0 Å². The number of nitrogens with zero attached hydrogens (tertiary/aromatic N) is 5. The topological polar surface area (TPSA) is 201 Å². The molecule has 15 heteroatoms. The lowest BCUT2D eigenvalue weighted by atomic mass is 10.0. The third-order valence-electron chi connectivity index (χ3n) is 5.77. The fourth-order valence-corrected chi connectivity index (χ4v) is 3.36. The molecule has 0 radical (unpaired) electrons. The molecule has 2 heterocycles. The minimum atomic E-state index is -2.22. The summed E-state index contributed by atoms with van der Waals surface area (Å²) in [5, 5.41) is 6.19. The van der Waals surface area contributed by atoms with Gasteiger partial charge in [-0.1, -0.05) is 60.5 Å². The molecule has 1 fully saturated rings. The highest BCUT2D eigenvalue weighted by atomic mass is 16.7. The summed E-state index contributed by atoms with van der Waals surface area (Å²) in [6.45, 7) is 12.0. The van der Waals surface area contributed by atoms with Crippen molar-refractivity contribution in [3.63, 3.8) is 0 Å². The van der Waals surface area contributed by atoms with Gasteiger partial charge >= 0.3 is 23.6 Å². The summed E-state index contributed by atoms with van der Waals surface area (Å²) in [4.78, 5) is 69.6. The summed E-state index contributed by atoms with van der Waals surface area (Å²) < 4.78 is 23.5. The normalized spacial score (nSPS) is 22.2. The number of aromatic nitrogens is 2. The maximum Gasteiger partial charge on any atom is 0.351 e. The van der Waals surface area contributed by atoms with Crippen LogP contribution in [0, 0.1) is 23.7 Å². The van der Waals surface area contributed by atoms with Crippen LogP contribution in [0.25, 0.3) is 10.4 Å². The molecule has 4 atom stereocenters. The second-order valence-corrected chi connectivity index (χ2v) is 10.5. The lowest BCUT2D eigenvalue weighted by Gasteiger charge is -2.30. The summed E-state index contributed by atoms with van der Waals surface area (Å²) in [6, 6.07) is 1.31. The molecule has 15 nitrogen and oxygen atoms in total. The molecule has 220 valence electrons. The summed E-state index contributed by atoms with van der Waals surface area (Å²) >= 11 is 0. The molecule has 0 bridgehead atoms. The second kappa shape index (κ2) is 13.4. The SMILES string of the molecule is CC(C)C(=O)Nc1ccn(C2OC(COC(=O)C(C)C)(N=[N+]=[N-])C(OC(=O)C(C)C)C2OC(=O)C(C)C)c(=O)n1. The molecule has 1 aromatic heterocycles. The Hall–Kier alpha value is -3.97. The highest BCUT2D eigenvalue weighted by Crippen LogP contribution is 2.42. The fourth-order valence-electron chi connectivity index (χ4n) is 3.36. The number of azide groups is 1. The van der Waals surface area contributed by atoms with Crippen LogP contribution in [-0.4, -0.2) is 57.9 Å². The molecule has 4 unspecified atom stereocenters. The summed E-state index contributed by atoms with van der Waals surface area (Å²) in [6.07, 6.45) is -3.47. The van der Waals surface area contributed by atoms with Crippen molar-refractivity contribution in [1.82, 2.24) is 9.55 Å². The van der Waals surface area contributed by atoms with Crippen molar-refractivity contribution < 1.29 is 38.1 Å². The third kappa shape index (κ3) is 7.57. The first-order valence-electron chi connectivity index (χ1n) is 12.8. The van der Waals surface area contributed by atoms with Crippen molar-refractivity contribution in [1.29, 1.82) is 0 Å². The molecular weight excluding hydrogens is 528 g/mol. The molecule has 0 spiro atoms. The minimum Gasteiger partial charge on any atom is -0.462 e. The fraction of sp³-hybridized carbons (Fsp3) is 0.680. The summed E-state index contributed by atoms with van der Waals surface area (Å²) in [5.41, 5.74) is 6.28. The zero-order valence-electron chi connectivity index (χ0n) is 23.8. The monoisotopic (exact) mass is 564 g/mol. The highest BCUT2D eigenvalue weighted by molar-refractivity contribution is 5.91. The van der Waals surface area contributed by atoms with Gasteiger partial charge in [-0.3, -0.25) is 23.7 Å². The van der Waals surface area contributed by atoms with Crippen LogP contribution in [0.1, 0.15) is 61.6 Å². The number of ether oxygens (including phenoxy) is 4. The lowest BCUT2D eigenvalue weighted by Crippen LogP contribution is -2.50. The van der Waals surface area contributed by atoms with Gasteiger partial charge in [-0.05, 0) is 11.6 Å². The number of hydrogen-bond donors (Lipinski definition) is 1. The lowest BCUT2D eigenvalue weighted by molar-refractivity contribution is -0.182. The van der Waals surface area contributed by atoms with E-state index in [2.05, 4.69) is 20.3 Å². The van der Waals surface area contributed by atoms with E-state index in [0.717, 1.165) is 4.57 Å². The van der Waals surface area contributed by atoms with Gasteiger partial charge in [0.05, 0.1) is 17.8 Å². The molecule has 1 saturated heterocycles. The smallest absolute Gasteiger partial charge is 0.351 e. The molecule has 1 aromatic rings. The number of rotatable bonds is 11. The standard InChI is InChI=1S/C25H36N6O9/c1-12(2)19(32)27-16-9-10-31(24(36)28-16)20-17(38-22(34)14(5)6)18(39-23(35)15(7)8)25(40-20,29-30-26)11-37-21(33)13(3)4/h9-10,12-15,17-18,20H,11H2,1-8H3,(H,27,28,32,36). The predicted octanol–water partition coefficient (Wildman–Crippen LogP) is 2.71. The Kier molecular flexibility index (Phi) is 10.8. The summed E-state index contributed by atoms with van der Waals surface area (Å²) in [7, 11) is 0. The number of carbonyl (C=O) groups is 4. The first kappa shape index (κ1) is 32.2. The zero-order valence-corrected chi connectivity index (χ0v) is 23.8. The maximum absolute atomic E-state index is 13.1. The maximum atomic E-state index is 13.1. The van der Waals surface area contributed by atoms with Crippen LogP contribution < -0.4 is 11.0 Å². The Morgan fingerprint density at radius 2 is 1.60 bits per heavy atom. The van der Waals surface area contributed by atoms with E-state index in [1.165, 1.54) is 12.3 Å². The number of carbonyl (C=O) groups excluding carboxylic acids is 4. The van der Waals surface area contributed by atoms with Gasteiger partial charge in [0.1, 0.15) is 12.4 Å². The molecule has 0 saturated carbocycles. The van der Waals surface area contributed by atoms with Gasteiger partial charge in [-0.2, -0.15) is 4.98 Å². The molecule has 0 aromatic carbocycles. The van der Waals surface area contributed by atoms with E-state index in [1.54, 1.807) is 55.4 Å². The molecular formula is C25H36N6O9. The van der Waals surface area contributed by atoms with Gasteiger partial charge in [-0.15, -0.1) is 0 Å². The number of amides is 1. The number of esters is 3. The van der Waals surface area contributed by atoms with Crippen LogP contribution in [-0.2, 0) is 38.1 Å². The van der Waals surface area contributed by atoms with Crippen LogP contribution >= 0.6 is 0 Å². The largest absolute Gasteiger partial charge is 0.462 e. The molecule has 2 rings (SSSR count). The van der Waals surface area contributed by atoms with Crippen LogP contribution in [0.3, 0.4) is 0 Å². The molecule has 1 amide bonds. The summed E-state index contributed by atoms with van der Waals surface area (Å²) in [5.74, 6) is -4.82. The molecule has 0 aliphatic carbocycles. The molecule has 40 heavy (non-hydrogen) atoms. The van der Waals surface area contributed by atoms with E-state index in [9.17, 15) is 29.5 Å². The molecule has 1 aliphatic heterocycles. The van der Waals surface area contributed by atoms with Gasteiger partial charge in [0.25, 0.3) is 0 Å². The third-order valence-corrected chi connectivity index (χ3v) is 5.77. The van der Waals surface area contributed by atoms with Crippen molar-refractivity contribution >= 4 is 29.6 Å².